The highest BCUT2D eigenvalue weighted by Crippen LogP contribution is 2.25. The van der Waals surface area contributed by atoms with E-state index in [1.165, 1.54) is 0 Å². The molecule has 1 aromatic rings. The molecule has 2 heterocycles. The average Bonchev–Trinajstić information content (AvgIpc) is 2.89. The predicted octanol–water partition coefficient (Wildman–Crippen LogP) is 2.72. The summed E-state index contributed by atoms with van der Waals surface area (Å²) >= 11 is 3.30. The second kappa shape index (κ2) is 8.21. The first-order valence-corrected chi connectivity index (χ1v) is 8.85. The molecule has 2 unspecified atom stereocenters. The smallest absolute Gasteiger partial charge is 0.409 e. The highest BCUT2D eigenvalue weighted by Gasteiger charge is 2.32. The van der Waals surface area contributed by atoms with Gasteiger partial charge in [0.25, 0.3) is 5.91 Å². The van der Waals surface area contributed by atoms with E-state index in [1.807, 2.05) is 0 Å². The Morgan fingerprint density at radius 1 is 1.60 bits per heavy atom. The molecule has 0 saturated carbocycles. The van der Waals surface area contributed by atoms with E-state index in [4.69, 9.17) is 10.00 Å². The number of rotatable bonds is 4. The molecule has 2 amide bonds. The van der Waals surface area contributed by atoms with Crippen molar-refractivity contribution in [2.24, 2.45) is 5.92 Å². The van der Waals surface area contributed by atoms with Gasteiger partial charge in [-0.25, -0.2) is 4.79 Å². The number of nitrogens with one attached hydrogen (secondary N) is 2. The molecule has 1 fully saturated rings. The highest BCUT2D eigenvalue weighted by molar-refractivity contribution is 9.10. The number of hydrogen-bond donors (Lipinski definition) is 2. The molecule has 1 aromatic heterocycles. The maximum absolute atomic E-state index is 12.6. The summed E-state index contributed by atoms with van der Waals surface area (Å²) in [6.07, 6.45) is 2.00. The van der Waals surface area contributed by atoms with E-state index in [1.54, 1.807) is 24.8 Å². The standard InChI is InChI=1S/C17H21BrN4O3/c1-4-11-9-22(17(24)25-5-2)7-6-13(11)21-16(23)15-14(18)12(8-19)10(3)20-15/h4,11,13,20H,1,5-7,9H2,2-3H3,(H,21,23). The number of hydrogen-bond acceptors (Lipinski definition) is 4. The molecule has 0 aliphatic carbocycles. The van der Waals surface area contributed by atoms with Crippen molar-refractivity contribution >= 4 is 27.9 Å². The van der Waals surface area contributed by atoms with Crippen LogP contribution in [0.5, 0.6) is 0 Å². The molecule has 25 heavy (non-hydrogen) atoms. The van der Waals surface area contributed by atoms with Gasteiger partial charge in [0.15, 0.2) is 0 Å². The number of piperidine rings is 1. The first kappa shape index (κ1) is 19.1. The molecule has 1 aliphatic heterocycles. The number of H-pyrrole nitrogens is 1. The molecule has 1 saturated heterocycles. The van der Waals surface area contributed by atoms with Gasteiger partial charge in [0, 0.05) is 30.7 Å². The number of carbonyl (C=O) groups is 2. The molecule has 2 rings (SSSR count). The fourth-order valence-corrected chi connectivity index (χ4v) is 3.57. The van der Waals surface area contributed by atoms with Crippen molar-refractivity contribution in [3.05, 3.63) is 34.1 Å². The van der Waals surface area contributed by atoms with Crippen molar-refractivity contribution in [3.8, 4) is 6.07 Å². The number of likely N-dealkylation sites (tertiary alicyclic amines) is 1. The molecule has 2 atom stereocenters. The minimum absolute atomic E-state index is 0.0765. The van der Waals surface area contributed by atoms with Gasteiger partial charge >= 0.3 is 6.09 Å². The quantitative estimate of drug-likeness (QED) is 0.748. The first-order valence-electron chi connectivity index (χ1n) is 8.06. The van der Waals surface area contributed by atoms with E-state index in [2.05, 4.69) is 38.9 Å². The maximum Gasteiger partial charge on any atom is 0.409 e. The van der Waals surface area contributed by atoms with Gasteiger partial charge in [0.1, 0.15) is 11.8 Å². The molecule has 0 spiro atoms. The summed E-state index contributed by atoms with van der Waals surface area (Å²) in [6, 6.07) is 1.92. The summed E-state index contributed by atoms with van der Waals surface area (Å²) in [5, 5.41) is 12.1. The third-order valence-corrected chi connectivity index (χ3v) is 5.06. The van der Waals surface area contributed by atoms with Crippen molar-refractivity contribution < 1.29 is 14.3 Å². The van der Waals surface area contributed by atoms with E-state index < -0.39 is 0 Å². The van der Waals surface area contributed by atoms with Crippen LogP contribution in [-0.4, -0.2) is 47.6 Å². The number of aryl methyl sites for hydroxylation is 1. The van der Waals surface area contributed by atoms with Crippen LogP contribution in [0.1, 0.15) is 35.1 Å². The number of nitriles is 1. The molecule has 0 bridgehead atoms. The Balaban J connectivity index is 2.07. The minimum Gasteiger partial charge on any atom is -0.450 e. The summed E-state index contributed by atoms with van der Waals surface area (Å²) in [4.78, 5) is 29.0. The predicted molar refractivity (Wildman–Crippen MR) is 96.1 cm³/mol. The molecule has 1 aliphatic rings. The zero-order valence-corrected chi connectivity index (χ0v) is 15.9. The van der Waals surface area contributed by atoms with Crippen molar-refractivity contribution in [2.75, 3.05) is 19.7 Å². The van der Waals surface area contributed by atoms with E-state index >= 15 is 0 Å². The van der Waals surface area contributed by atoms with E-state index in [0.717, 1.165) is 0 Å². The Morgan fingerprint density at radius 3 is 2.88 bits per heavy atom. The third kappa shape index (κ3) is 4.04. The zero-order chi connectivity index (χ0) is 18.6. The number of amides is 2. The van der Waals surface area contributed by atoms with Crippen molar-refractivity contribution in [1.29, 1.82) is 5.26 Å². The molecule has 8 heteroatoms. The van der Waals surface area contributed by atoms with E-state index in [0.29, 0.717) is 47.5 Å². The monoisotopic (exact) mass is 408 g/mol. The number of aromatic nitrogens is 1. The summed E-state index contributed by atoms with van der Waals surface area (Å²) in [6.45, 7) is 8.60. The van der Waals surface area contributed by atoms with Gasteiger partial charge in [-0.05, 0) is 36.2 Å². The normalized spacial score (nSPS) is 19.8. The largest absolute Gasteiger partial charge is 0.450 e. The van der Waals surface area contributed by atoms with Gasteiger partial charge < -0.3 is 19.9 Å². The average molecular weight is 409 g/mol. The van der Waals surface area contributed by atoms with Crippen LogP contribution in [0.25, 0.3) is 0 Å². The van der Waals surface area contributed by atoms with Crippen LogP contribution in [-0.2, 0) is 4.74 Å². The van der Waals surface area contributed by atoms with Gasteiger partial charge in [-0.15, -0.1) is 6.58 Å². The number of aromatic amines is 1. The van der Waals surface area contributed by atoms with Gasteiger partial charge in [-0.1, -0.05) is 6.08 Å². The van der Waals surface area contributed by atoms with Crippen molar-refractivity contribution in [3.63, 3.8) is 0 Å². The van der Waals surface area contributed by atoms with Crippen LogP contribution in [0.15, 0.2) is 17.1 Å². The number of nitrogens with zero attached hydrogens (tertiary/aromatic N) is 2. The topological polar surface area (TPSA) is 98.2 Å². The second-order valence-electron chi connectivity index (χ2n) is 5.84. The fourth-order valence-electron chi connectivity index (χ4n) is 2.91. The molecule has 7 nitrogen and oxygen atoms in total. The highest BCUT2D eigenvalue weighted by atomic mass is 79.9. The number of carbonyl (C=O) groups excluding carboxylic acids is 2. The van der Waals surface area contributed by atoms with E-state index in [-0.39, 0.29) is 24.0 Å². The fraction of sp³-hybridized carbons (Fsp3) is 0.471. The minimum atomic E-state index is -0.347. The van der Waals surface area contributed by atoms with Crippen LogP contribution in [0.2, 0.25) is 0 Å². The summed E-state index contributed by atoms with van der Waals surface area (Å²) in [5.41, 5.74) is 1.38. The van der Waals surface area contributed by atoms with Gasteiger partial charge in [-0.2, -0.15) is 5.26 Å². The van der Waals surface area contributed by atoms with Crippen molar-refractivity contribution in [1.82, 2.24) is 15.2 Å². The molecular formula is C17H21BrN4O3. The number of halogens is 1. The molecule has 2 N–H and O–H groups in total. The lowest BCUT2D eigenvalue weighted by atomic mass is 9.92. The zero-order valence-electron chi connectivity index (χ0n) is 14.3. The van der Waals surface area contributed by atoms with Crippen LogP contribution < -0.4 is 5.32 Å². The molecule has 134 valence electrons. The lowest BCUT2D eigenvalue weighted by Crippen LogP contribution is -2.52. The second-order valence-corrected chi connectivity index (χ2v) is 6.63. The lowest BCUT2D eigenvalue weighted by Gasteiger charge is -2.36. The third-order valence-electron chi connectivity index (χ3n) is 4.27. The van der Waals surface area contributed by atoms with Gasteiger partial charge in [0.05, 0.1) is 16.6 Å². The van der Waals surface area contributed by atoms with Crippen LogP contribution in [0, 0.1) is 24.2 Å². The van der Waals surface area contributed by atoms with Crippen LogP contribution in [0.3, 0.4) is 0 Å². The number of ether oxygens (including phenoxy) is 1. The summed E-state index contributed by atoms with van der Waals surface area (Å²) in [7, 11) is 0. The Hall–Kier alpha value is -2.27. The van der Waals surface area contributed by atoms with Gasteiger partial charge in [-0.3, -0.25) is 4.79 Å². The van der Waals surface area contributed by atoms with Crippen LogP contribution >= 0.6 is 15.9 Å². The first-order chi connectivity index (χ1) is 11.9. The molecule has 0 aromatic carbocycles. The maximum atomic E-state index is 12.6. The summed E-state index contributed by atoms with van der Waals surface area (Å²) < 4.78 is 5.49. The Morgan fingerprint density at radius 2 is 2.32 bits per heavy atom. The summed E-state index contributed by atoms with van der Waals surface area (Å²) in [5.74, 6) is -0.370. The Labute approximate surface area is 155 Å². The molecular weight excluding hydrogens is 388 g/mol. The lowest BCUT2D eigenvalue weighted by molar-refractivity contribution is 0.0788. The van der Waals surface area contributed by atoms with Crippen LogP contribution in [0.4, 0.5) is 4.79 Å². The van der Waals surface area contributed by atoms with Crippen molar-refractivity contribution in [2.45, 2.75) is 26.3 Å². The Kier molecular flexibility index (Phi) is 6.26. The SMILES string of the molecule is C=CC1CN(C(=O)OCC)CCC1NC(=O)c1[nH]c(C)c(C#N)c1Br. The Bertz CT molecular complexity index is 722. The molecule has 0 radical (unpaired) electrons. The van der Waals surface area contributed by atoms with Gasteiger partial charge in [0.2, 0.25) is 0 Å². The van der Waals surface area contributed by atoms with E-state index in [9.17, 15) is 9.59 Å².